The first-order chi connectivity index (χ1) is 6.42. The van der Waals surface area contributed by atoms with Gasteiger partial charge in [0.1, 0.15) is 0 Å². The minimum absolute atomic E-state index is 0.915. The second-order valence-electron chi connectivity index (χ2n) is 2.89. The van der Waals surface area contributed by atoms with Gasteiger partial charge in [-0.1, -0.05) is 0 Å². The molecule has 2 aromatic rings. The number of aromatic nitrogens is 3. The molecule has 2 rings (SSSR count). The summed E-state index contributed by atoms with van der Waals surface area (Å²) in [6, 6.07) is 0. The highest BCUT2D eigenvalue weighted by atomic mass is 15.0. The molecule has 0 bridgehead atoms. The lowest BCUT2D eigenvalue weighted by Crippen LogP contribution is -2.12. The van der Waals surface area contributed by atoms with E-state index in [1.54, 1.807) is 12.4 Å². The van der Waals surface area contributed by atoms with Crippen LogP contribution in [-0.2, 0) is 6.42 Å². The van der Waals surface area contributed by atoms with E-state index in [0.717, 1.165) is 24.3 Å². The molecule has 0 radical (unpaired) electrons. The van der Waals surface area contributed by atoms with Gasteiger partial charge in [0, 0.05) is 37.8 Å². The van der Waals surface area contributed by atoms with Gasteiger partial charge in [0.2, 0.25) is 0 Å². The molecule has 0 aliphatic rings. The molecule has 4 nitrogen and oxygen atoms in total. The fourth-order valence-corrected chi connectivity index (χ4v) is 1.33. The lowest BCUT2D eigenvalue weighted by atomic mass is 10.3. The van der Waals surface area contributed by atoms with E-state index in [1.165, 1.54) is 0 Å². The van der Waals surface area contributed by atoms with Crippen LogP contribution in [0.5, 0.6) is 0 Å². The van der Waals surface area contributed by atoms with Gasteiger partial charge in [0.25, 0.3) is 0 Å². The molecule has 2 heterocycles. The number of imidazole rings is 1. The van der Waals surface area contributed by atoms with Gasteiger partial charge in [-0.25, -0.2) is 4.98 Å². The van der Waals surface area contributed by atoms with E-state index in [1.807, 2.05) is 23.8 Å². The Bertz CT molecular complexity index is 393. The average Bonchev–Trinajstić information content (AvgIpc) is 2.62. The van der Waals surface area contributed by atoms with Crippen molar-refractivity contribution in [2.75, 3.05) is 13.6 Å². The van der Waals surface area contributed by atoms with Crippen LogP contribution in [0, 0.1) is 0 Å². The number of hydrogen-bond donors (Lipinski definition) is 1. The standard InChI is InChI=1S/C9H12N4/c1-10-3-2-8-9-12-5-7-13(9)6-4-11-8/h4-7,10H,2-3H2,1H3. The maximum Gasteiger partial charge on any atom is 0.158 e. The fourth-order valence-electron chi connectivity index (χ4n) is 1.33. The summed E-state index contributed by atoms with van der Waals surface area (Å²) in [5, 5.41) is 3.10. The zero-order valence-electron chi connectivity index (χ0n) is 7.57. The average molecular weight is 176 g/mol. The molecule has 0 unspecified atom stereocenters. The van der Waals surface area contributed by atoms with E-state index in [-0.39, 0.29) is 0 Å². The van der Waals surface area contributed by atoms with Crippen LogP contribution in [0.4, 0.5) is 0 Å². The second-order valence-corrected chi connectivity index (χ2v) is 2.89. The first kappa shape index (κ1) is 8.19. The van der Waals surface area contributed by atoms with Crippen LogP contribution in [0.1, 0.15) is 5.69 Å². The SMILES string of the molecule is CNCCc1nccn2ccnc12. The Morgan fingerprint density at radius 3 is 2.85 bits per heavy atom. The third-order valence-electron chi connectivity index (χ3n) is 2.00. The normalized spacial score (nSPS) is 10.8. The molecule has 68 valence electrons. The van der Waals surface area contributed by atoms with Crippen LogP contribution < -0.4 is 5.32 Å². The molecule has 0 aromatic carbocycles. The lowest BCUT2D eigenvalue weighted by molar-refractivity contribution is 0.775. The van der Waals surface area contributed by atoms with Gasteiger partial charge in [0.15, 0.2) is 5.65 Å². The van der Waals surface area contributed by atoms with Crippen molar-refractivity contribution in [3.8, 4) is 0 Å². The van der Waals surface area contributed by atoms with Crippen LogP contribution in [0.2, 0.25) is 0 Å². The summed E-state index contributed by atoms with van der Waals surface area (Å²) in [5.74, 6) is 0. The van der Waals surface area contributed by atoms with Crippen molar-refractivity contribution in [1.82, 2.24) is 19.7 Å². The highest BCUT2D eigenvalue weighted by Gasteiger charge is 2.01. The Hall–Kier alpha value is -1.42. The largest absolute Gasteiger partial charge is 0.319 e. The quantitative estimate of drug-likeness (QED) is 0.740. The molecule has 0 amide bonds. The van der Waals surface area contributed by atoms with E-state index in [4.69, 9.17) is 0 Å². The van der Waals surface area contributed by atoms with Gasteiger partial charge in [-0.2, -0.15) is 0 Å². The van der Waals surface area contributed by atoms with Gasteiger partial charge in [-0.15, -0.1) is 0 Å². The van der Waals surface area contributed by atoms with E-state index in [9.17, 15) is 0 Å². The summed E-state index contributed by atoms with van der Waals surface area (Å²) < 4.78 is 1.98. The van der Waals surface area contributed by atoms with Crippen LogP contribution >= 0.6 is 0 Å². The highest BCUT2D eigenvalue weighted by Crippen LogP contribution is 2.04. The van der Waals surface area contributed by atoms with E-state index in [2.05, 4.69) is 15.3 Å². The smallest absolute Gasteiger partial charge is 0.158 e. The van der Waals surface area contributed by atoms with Crippen molar-refractivity contribution in [1.29, 1.82) is 0 Å². The Morgan fingerprint density at radius 2 is 2.08 bits per heavy atom. The summed E-state index contributed by atoms with van der Waals surface area (Å²) in [7, 11) is 1.94. The maximum absolute atomic E-state index is 4.29. The third-order valence-corrected chi connectivity index (χ3v) is 2.00. The van der Waals surface area contributed by atoms with E-state index < -0.39 is 0 Å². The highest BCUT2D eigenvalue weighted by molar-refractivity contribution is 5.43. The Morgan fingerprint density at radius 1 is 1.31 bits per heavy atom. The molecular weight excluding hydrogens is 164 g/mol. The minimum atomic E-state index is 0.915. The Kier molecular flexibility index (Phi) is 2.23. The van der Waals surface area contributed by atoms with Crippen molar-refractivity contribution in [2.45, 2.75) is 6.42 Å². The molecule has 4 heteroatoms. The van der Waals surface area contributed by atoms with Crippen molar-refractivity contribution < 1.29 is 0 Å². The molecule has 0 spiro atoms. The van der Waals surface area contributed by atoms with Gasteiger partial charge in [-0.3, -0.25) is 4.98 Å². The predicted octanol–water partition coefficient (Wildman–Crippen LogP) is 0.491. The first-order valence-corrected chi connectivity index (χ1v) is 4.33. The van der Waals surface area contributed by atoms with Gasteiger partial charge < -0.3 is 9.72 Å². The predicted molar refractivity (Wildman–Crippen MR) is 50.6 cm³/mol. The molecule has 0 atom stereocenters. The van der Waals surface area contributed by atoms with E-state index in [0.29, 0.717) is 0 Å². The number of likely N-dealkylation sites (N-methyl/N-ethyl adjacent to an activating group) is 1. The molecule has 0 saturated heterocycles. The number of nitrogens with zero attached hydrogens (tertiary/aromatic N) is 3. The Balaban J connectivity index is 2.37. The molecule has 0 aliphatic heterocycles. The summed E-state index contributed by atoms with van der Waals surface area (Å²) in [5.41, 5.74) is 2.00. The molecule has 0 aliphatic carbocycles. The zero-order chi connectivity index (χ0) is 9.10. The van der Waals surface area contributed by atoms with Crippen LogP contribution in [0.3, 0.4) is 0 Å². The third kappa shape index (κ3) is 1.53. The molecule has 2 aromatic heterocycles. The number of hydrogen-bond acceptors (Lipinski definition) is 3. The lowest BCUT2D eigenvalue weighted by Gasteiger charge is -2.01. The summed E-state index contributed by atoms with van der Waals surface area (Å²) in [6.45, 7) is 0.930. The van der Waals surface area contributed by atoms with Crippen LogP contribution in [0.25, 0.3) is 5.65 Å². The monoisotopic (exact) mass is 176 g/mol. The molecular formula is C9H12N4. The topological polar surface area (TPSA) is 42.2 Å². The fraction of sp³-hybridized carbons (Fsp3) is 0.333. The van der Waals surface area contributed by atoms with Crippen LogP contribution in [0.15, 0.2) is 24.8 Å². The van der Waals surface area contributed by atoms with Crippen LogP contribution in [-0.4, -0.2) is 28.0 Å². The van der Waals surface area contributed by atoms with Gasteiger partial charge >= 0.3 is 0 Å². The van der Waals surface area contributed by atoms with Crippen molar-refractivity contribution in [2.24, 2.45) is 0 Å². The summed E-state index contributed by atoms with van der Waals surface area (Å²) >= 11 is 0. The van der Waals surface area contributed by atoms with Gasteiger partial charge in [0.05, 0.1) is 5.69 Å². The second kappa shape index (κ2) is 3.53. The molecule has 13 heavy (non-hydrogen) atoms. The van der Waals surface area contributed by atoms with Gasteiger partial charge in [-0.05, 0) is 7.05 Å². The molecule has 1 N–H and O–H groups in total. The summed E-state index contributed by atoms with van der Waals surface area (Å²) in [6.07, 6.45) is 8.35. The zero-order valence-corrected chi connectivity index (χ0v) is 7.57. The first-order valence-electron chi connectivity index (χ1n) is 4.33. The summed E-state index contributed by atoms with van der Waals surface area (Å²) in [4.78, 5) is 8.54. The maximum atomic E-state index is 4.29. The number of nitrogens with one attached hydrogen (secondary N) is 1. The van der Waals surface area contributed by atoms with Crippen molar-refractivity contribution >= 4 is 5.65 Å². The number of rotatable bonds is 3. The molecule has 0 fully saturated rings. The minimum Gasteiger partial charge on any atom is -0.319 e. The van der Waals surface area contributed by atoms with E-state index >= 15 is 0 Å². The number of fused-ring (bicyclic) bond motifs is 1. The Labute approximate surface area is 76.6 Å². The van der Waals surface area contributed by atoms with Crippen molar-refractivity contribution in [3.05, 3.63) is 30.5 Å². The van der Waals surface area contributed by atoms with Crippen molar-refractivity contribution in [3.63, 3.8) is 0 Å². The molecule has 0 saturated carbocycles.